The summed E-state index contributed by atoms with van der Waals surface area (Å²) in [5.74, 6) is 0.452. The molecule has 1 amide bonds. The van der Waals surface area contributed by atoms with Crippen LogP contribution >= 0.6 is 0 Å². The summed E-state index contributed by atoms with van der Waals surface area (Å²) < 4.78 is 7.41. The van der Waals surface area contributed by atoms with Crippen LogP contribution in [-0.4, -0.2) is 46.9 Å². The first-order valence-corrected chi connectivity index (χ1v) is 9.47. The first kappa shape index (κ1) is 18.6. The maximum atomic E-state index is 13.4. The fourth-order valence-corrected chi connectivity index (χ4v) is 3.51. The van der Waals surface area contributed by atoms with Gasteiger partial charge in [-0.15, -0.1) is 0 Å². The van der Waals surface area contributed by atoms with Crippen molar-refractivity contribution in [3.8, 4) is 5.69 Å². The van der Waals surface area contributed by atoms with E-state index in [1.54, 1.807) is 0 Å². The van der Waals surface area contributed by atoms with Gasteiger partial charge in [-0.25, -0.2) is 4.68 Å². The number of carbonyl (C=O) groups excluding carboxylic acids is 1. The van der Waals surface area contributed by atoms with Crippen molar-refractivity contribution in [3.05, 3.63) is 46.8 Å². The highest BCUT2D eigenvalue weighted by Gasteiger charge is 2.31. The molecular formula is C21H29N3O2. The highest BCUT2D eigenvalue weighted by Crippen LogP contribution is 2.31. The Balaban J connectivity index is 2.19. The van der Waals surface area contributed by atoms with Crippen molar-refractivity contribution >= 4 is 5.91 Å². The Morgan fingerprint density at radius 1 is 1.08 bits per heavy atom. The predicted molar refractivity (Wildman–Crippen MR) is 103 cm³/mol. The lowest BCUT2D eigenvalue weighted by Crippen LogP contribution is -2.41. The Morgan fingerprint density at radius 2 is 1.73 bits per heavy atom. The first-order chi connectivity index (χ1) is 12.4. The second kappa shape index (κ2) is 7.62. The van der Waals surface area contributed by atoms with Gasteiger partial charge in [-0.3, -0.25) is 4.79 Å². The molecule has 1 aliphatic heterocycles. The second-order valence-electron chi connectivity index (χ2n) is 7.56. The molecule has 0 unspecified atom stereocenters. The zero-order valence-electron chi connectivity index (χ0n) is 16.5. The molecule has 5 nitrogen and oxygen atoms in total. The molecule has 2 heterocycles. The highest BCUT2D eigenvalue weighted by atomic mass is 16.5. The molecule has 0 bridgehead atoms. The SMILES string of the molecule is Cc1ccccc1-n1nc(C(C)C)c(C(=O)N2CCOCC2)c1C(C)C. The number of aryl methyl sites for hydroxylation is 1. The number of amides is 1. The van der Waals surface area contributed by atoms with Crippen LogP contribution in [0.25, 0.3) is 5.69 Å². The summed E-state index contributed by atoms with van der Waals surface area (Å²) >= 11 is 0. The summed E-state index contributed by atoms with van der Waals surface area (Å²) in [5.41, 5.74) is 4.85. The monoisotopic (exact) mass is 355 g/mol. The van der Waals surface area contributed by atoms with Gasteiger partial charge >= 0.3 is 0 Å². The van der Waals surface area contributed by atoms with Crippen LogP contribution in [0.5, 0.6) is 0 Å². The van der Waals surface area contributed by atoms with Gasteiger partial charge in [0.25, 0.3) is 5.91 Å². The third-order valence-electron chi connectivity index (χ3n) is 4.90. The molecule has 26 heavy (non-hydrogen) atoms. The summed E-state index contributed by atoms with van der Waals surface area (Å²) in [6, 6.07) is 8.20. The molecule has 0 aliphatic carbocycles. The first-order valence-electron chi connectivity index (χ1n) is 9.47. The molecule has 1 aromatic heterocycles. The van der Waals surface area contributed by atoms with Gasteiger partial charge < -0.3 is 9.64 Å². The Hall–Kier alpha value is -2.14. The molecular weight excluding hydrogens is 326 g/mol. The topological polar surface area (TPSA) is 47.4 Å². The molecule has 1 fully saturated rings. The van der Waals surface area contributed by atoms with E-state index in [4.69, 9.17) is 9.84 Å². The molecule has 2 aromatic rings. The maximum Gasteiger partial charge on any atom is 0.257 e. The van der Waals surface area contributed by atoms with Crippen LogP contribution in [0.3, 0.4) is 0 Å². The number of hydrogen-bond donors (Lipinski definition) is 0. The van der Waals surface area contributed by atoms with Crippen LogP contribution in [0.2, 0.25) is 0 Å². The lowest BCUT2D eigenvalue weighted by atomic mass is 9.97. The molecule has 5 heteroatoms. The summed E-state index contributed by atoms with van der Waals surface area (Å²) in [4.78, 5) is 15.3. The maximum absolute atomic E-state index is 13.4. The number of aromatic nitrogens is 2. The lowest BCUT2D eigenvalue weighted by molar-refractivity contribution is 0.0301. The third kappa shape index (κ3) is 3.40. The number of morpholine rings is 1. The molecule has 0 atom stereocenters. The van der Waals surface area contributed by atoms with Gasteiger partial charge in [0.15, 0.2) is 0 Å². The largest absolute Gasteiger partial charge is 0.378 e. The van der Waals surface area contributed by atoms with Crippen molar-refractivity contribution in [3.63, 3.8) is 0 Å². The zero-order valence-corrected chi connectivity index (χ0v) is 16.5. The van der Waals surface area contributed by atoms with Crippen LogP contribution in [0.4, 0.5) is 0 Å². The molecule has 3 rings (SSSR count). The van der Waals surface area contributed by atoms with Gasteiger partial charge in [0.1, 0.15) is 0 Å². The van der Waals surface area contributed by atoms with Crippen LogP contribution in [-0.2, 0) is 4.74 Å². The van der Waals surface area contributed by atoms with Gasteiger partial charge in [-0.05, 0) is 30.4 Å². The number of nitrogens with zero attached hydrogens (tertiary/aromatic N) is 3. The van der Waals surface area contributed by atoms with Gasteiger partial charge in [-0.2, -0.15) is 5.10 Å². The van der Waals surface area contributed by atoms with Gasteiger partial charge in [-0.1, -0.05) is 45.9 Å². The lowest BCUT2D eigenvalue weighted by Gasteiger charge is -2.28. The number of benzene rings is 1. The van der Waals surface area contributed by atoms with Crippen molar-refractivity contribution in [1.82, 2.24) is 14.7 Å². The van der Waals surface area contributed by atoms with Crippen LogP contribution < -0.4 is 0 Å². The Morgan fingerprint density at radius 3 is 2.31 bits per heavy atom. The van der Waals surface area contributed by atoms with Crippen molar-refractivity contribution in [2.75, 3.05) is 26.3 Å². The number of hydrogen-bond acceptors (Lipinski definition) is 3. The smallest absolute Gasteiger partial charge is 0.257 e. The summed E-state index contributed by atoms with van der Waals surface area (Å²) in [6.07, 6.45) is 0. The van der Waals surface area contributed by atoms with Crippen molar-refractivity contribution in [1.29, 1.82) is 0 Å². The van der Waals surface area contributed by atoms with E-state index in [-0.39, 0.29) is 17.7 Å². The minimum Gasteiger partial charge on any atom is -0.378 e. The van der Waals surface area contributed by atoms with E-state index in [1.165, 1.54) is 0 Å². The van der Waals surface area contributed by atoms with E-state index in [0.29, 0.717) is 26.3 Å². The average molecular weight is 355 g/mol. The van der Waals surface area contributed by atoms with Crippen molar-refractivity contribution < 1.29 is 9.53 Å². The van der Waals surface area contributed by atoms with Crippen LogP contribution in [0.1, 0.15) is 66.8 Å². The molecule has 0 spiro atoms. The molecule has 140 valence electrons. The fraction of sp³-hybridized carbons (Fsp3) is 0.524. The summed E-state index contributed by atoms with van der Waals surface area (Å²) in [5, 5.41) is 4.92. The van der Waals surface area contributed by atoms with Crippen LogP contribution in [0, 0.1) is 6.92 Å². The van der Waals surface area contributed by atoms with Gasteiger partial charge in [0.2, 0.25) is 0 Å². The number of ether oxygens (including phenoxy) is 1. The third-order valence-corrected chi connectivity index (χ3v) is 4.90. The molecule has 1 aromatic carbocycles. The Labute approximate surface area is 156 Å². The molecule has 1 saturated heterocycles. The van der Waals surface area contributed by atoms with Gasteiger partial charge in [0, 0.05) is 13.1 Å². The Kier molecular flexibility index (Phi) is 5.47. The minimum atomic E-state index is 0.0838. The quantitative estimate of drug-likeness (QED) is 0.836. The van der Waals surface area contributed by atoms with E-state index >= 15 is 0 Å². The van der Waals surface area contributed by atoms with Gasteiger partial charge in [0.05, 0.1) is 35.9 Å². The van der Waals surface area contributed by atoms with E-state index in [9.17, 15) is 4.79 Å². The normalized spacial score (nSPS) is 15.1. The Bertz CT molecular complexity index is 787. The van der Waals surface area contributed by atoms with E-state index in [2.05, 4.69) is 46.8 Å². The average Bonchev–Trinajstić information content (AvgIpc) is 3.03. The number of rotatable bonds is 4. The van der Waals surface area contributed by atoms with E-state index in [1.807, 2.05) is 21.7 Å². The van der Waals surface area contributed by atoms with Crippen molar-refractivity contribution in [2.45, 2.75) is 46.5 Å². The zero-order chi connectivity index (χ0) is 18.8. The second-order valence-corrected chi connectivity index (χ2v) is 7.56. The minimum absolute atomic E-state index is 0.0838. The van der Waals surface area contributed by atoms with Crippen LogP contribution in [0.15, 0.2) is 24.3 Å². The molecule has 0 radical (unpaired) electrons. The van der Waals surface area contributed by atoms with Crippen molar-refractivity contribution in [2.24, 2.45) is 0 Å². The van der Waals surface area contributed by atoms with E-state index in [0.717, 1.165) is 28.2 Å². The molecule has 0 saturated carbocycles. The molecule has 0 N–H and O–H groups in total. The fourth-order valence-electron chi connectivity index (χ4n) is 3.51. The number of carbonyl (C=O) groups is 1. The standard InChI is InChI=1S/C21H29N3O2/c1-14(2)19-18(21(25)23-10-12-26-13-11-23)20(15(3)4)24(22-19)17-9-7-6-8-16(17)5/h6-9,14-15H,10-13H2,1-5H3. The van der Waals surface area contributed by atoms with E-state index < -0.39 is 0 Å². The summed E-state index contributed by atoms with van der Waals surface area (Å²) in [7, 11) is 0. The summed E-state index contributed by atoms with van der Waals surface area (Å²) in [6.45, 7) is 13.0. The highest BCUT2D eigenvalue weighted by molar-refractivity contribution is 5.97. The predicted octanol–water partition coefficient (Wildman–Crippen LogP) is 3.90. The molecule has 1 aliphatic rings. The number of para-hydroxylation sites is 1.